The lowest BCUT2D eigenvalue weighted by Gasteiger charge is -2.35. The molecule has 1 N–H and O–H groups in total. The van der Waals surface area contributed by atoms with Gasteiger partial charge in [-0.2, -0.15) is 9.47 Å². The molecule has 2 aliphatic heterocycles. The molecule has 146 valence electrons. The maximum absolute atomic E-state index is 12.4. The predicted molar refractivity (Wildman–Crippen MR) is 104 cm³/mol. The summed E-state index contributed by atoms with van der Waals surface area (Å²) < 4.78 is 11.3. The summed E-state index contributed by atoms with van der Waals surface area (Å²) in [6.45, 7) is 6.48. The Balaban J connectivity index is 1.37. The number of likely N-dealkylation sites (tertiary alicyclic amines) is 1. The lowest BCUT2D eigenvalue weighted by Crippen LogP contribution is -2.45. The van der Waals surface area contributed by atoms with Crippen molar-refractivity contribution in [2.75, 3.05) is 31.6 Å². The molecule has 2 aliphatic rings. The van der Waals surface area contributed by atoms with Gasteiger partial charge in [-0.15, -0.1) is 0 Å². The number of rotatable bonds is 6. The quantitative estimate of drug-likeness (QED) is 0.799. The Morgan fingerprint density at radius 1 is 1.37 bits per heavy atom. The number of piperidine rings is 1. The van der Waals surface area contributed by atoms with Crippen LogP contribution in [-0.2, 0) is 24.3 Å². The summed E-state index contributed by atoms with van der Waals surface area (Å²) >= 11 is 1.41. The number of nitrogens with one attached hydrogen (secondary N) is 1. The van der Waals surface area contributed by atoms with Crippen LogP contribution in [0.4, 0.5) is 5.13 Å². The van der Waals surface area contributed by atoms with Gasteiger partial charge in [0, 0.05) is 48.7 Å². The van der Waals surface area contributed by atoms with Crippen molar-refractivity contribution >= 4 is 16.7 Å². The Labute approximate surface area is 162 Å². The number of hydrogen-bond donors (Lipinski definition) is 1. The first-order chi connectivity index (χ1) is 13.2. The minimum absolute atomic E-state index is 0.0322. The highest BCUT2D eigenvalue weighted by atomic mass is 32.1. The van der Waals surface area contributed by atoms with E-state index < -0.39 is 0 Å². The van der Waals surface area contributed by atoms with E-state index in [4.69, 9.17) is 4.74 Å². The molecular formula is C18H26N6O2S. The summed E-state index contributed by atoms with van der Waals surface area (Å²) in [4.78, 5) is 19.2. The van der Waals surface area contributed by atoms with Crippen LogP contribution in [0.15, 0.2) is 10.9 Å². The Morgan fingerprint density at radius 3 is 3.15 bits per heavy atom. The number of anilines is 1. The summed E-state index contributed by atoms with van der Waals surface area (Å²) in [6.07, 6.45) is 4.40. The molecule has 27 heavy (non-hydrogen) atoms. The van der Waals surface area contributed by atoms with Crippen molar-refractivity contribution in [1.82, 2.24) is 24.0 Å². The summed E-state index contributed by atoms with van der Waals surface area (Å²) in [7, 11) is 0. The topological polar surface area (TPSA) is 85.2 Å². The number of nitrogens with zero attached hydrogens (tertiary/aromatic N) is 5. The van der Waals surface area contributed by atoms with Gasteiger partial charge < -0.3 is 10.1 Å². The standard InChI is InChI=1S/C18H26N6O2S/c1-13-20-18(27-22-13)19-11-15-4-2-3-6-23(15)7-8-24-17(25)10-14-12-26-9-5-16(14)21-24/h10,15H,2-9,11-12H2,1H3,(H,19,20,22). The molecule has 9 heteroatoms. The van der Waals surface area contributed by atoms with Gasteiger partial charge in [0.15, 0.2) is 0 Å². The summed E-state index contributed by atoms with van der Waals surface area (Å²) in [6, 6.07) is 2.14. The number of ether oxygens (including phenoxy) is 1. The minimum atomic E-state index is -0.0322. The molecule has 4 heterocycles. The highest BCUT2D eigenvalue weighted by Crippen LogP contribution is 2.19. The maximum atomic E-state index is 12.4. The van der Waals surface area contributed by atoms with Crippen molar-refractivity contribution in [3.63, 3.8) is 0 Å². The first-order valence-corrected chi connectivity index (χ1v) is 10.4. The van der Waals surface area contributed by atoms with Crippen molar-refractivity contribution in [2.45, 2.75) is 51.8 Å². The zero-order chi connectivity index (χ0) is 18.6. The highest BCUT2D eigenvalue weighted by Gasteiger charge is 2.23. The molecule has 0 bridgehead atoms. The smallest absolute Gasteiger partial charge is 0.267 e. The Kier molecular flexibility index (Phi) is 5.80. The minimum Gasteiger partial charge on any atom is -0.376 e. The average Bonchev–Trinajstić information content (AvgIpc) is 3.10. The van der Waals surface area contributed by atoms with Gasteiger partial charge in [-0.25, -0.2) is 9.67 Å². The fourth-order valence-corrected chi connectivity index (χ4v) is 4.38. The molecule has 1 fully saturated rings. The fourth-order valence-electron chi connectivity index (χ4n) is 3.80. The monoisotopic (exact) mass is 390 g/mol. The average molecular weight is 391 g/mol. The molecule has 0 radical (unpaired) electrons. The first kappa shape index (κ1) is 18.5. The molecule has 0 aliphatic carbocycles. The molecule has 4 rings (SSSR count). The van der Waals surface area contributed by atoms with Crippen molar-refractivity contribution in [3.05, 3.63) is 33.5 Å². The second-order valence-corrected chi connectivity index (χ2v) is 7.95. The lowest BCUT2D eigenvalue weighted by molar-refractivity contribution is 0.107. The van der Waals surface area contributed by atoms with Crippen LogP contribution in [0.1, 0.15) is 36.3 Å². The van der Waals surface area contributed by atoms with Gasteiger partial charge in [-0.05, 0) is 26.3 Å². The van der Waals surface area contributed by atoms with Gasteiger partial charge in [-0.3, -0.25) is 9.69 Å². The SMILES string of the molecule is Cc1nsc(NCC2CCCCN2CCn2nc3c(cc2=O)COCC3)n1. The second-order valence-electron chi connectivity index (χ2n) is 7.19. The zero-order valence-electron chi connectivity index (χ0n) is 15.7. The molecule has 2 aromatic heterocycles. The van der Waals surface area contributed by atoms with Gasteiger partial charge in [0.2, 0.25) is 5.13 Å². The van der Waals surface area contributed by atoms with Crippen molar-refractivity contribution in [1.29, 1.82) is 0 Å². The zero-order valence-corrected chi connectivity index (χ0v) is 16.5. The van der Waals surface area contributed by atoms with Crippen LogP contribution in [0.25, 0.3) is 0 Å². The summed E-state index contributed by atoms with van der Waals surface area (Å²) in [5.74, 6) is 0.811. The molecular weight excluding hydrogens is 364 g/mol. The summed E-state index contributed by atoms with van der Waals surface area (Å²) in [5, 5.41) is 8.89. The molecule has 1 unspecified atom stereocenters. The molecule has 1 saturated heterocycles. The van der Waals surface area contributed by atoms with Gasteiger partial charge in [-0.1, -0.05) is 6.42 Å². The molecule has 0 saturated carbocycles. The number of aromatic nitrogens is 4. The van der Waals surface area contributed by atoms with Gasteiger partial charge in [0.1, 0.15) is 5.82 Å². The summed E-state index contributed by atoms with van der Waals surface area (Å²) in [5.41, 5.74) is 1.91. The van der Waals surface area contributed by atoms with Gasteiger partial charge >= 0.3 is 0 Å². The van der Waals surface area contributed by atoms with Crippen LogP contribution in [-0.4, -0.2) is 56.3 Å². The van der Waals surface area contributed by atoms with E-state index in [9.17, 15) is 4.79 Å². The third-order valence-corrected chi connectivity index (χ3v) is 6.03. The van der Waals surface area contributed by atoms with Crippen LogP contribution >= 0.6 is 11.5 Å². The predicted octanol–water partition coefficient (Wildman–Crippen LogP) is 1.44. The van der Waals surface area contributed by atoms with E-state index in [2.05, 4.69) is 24.7 Å². The van der Waals surface area contributed by atoms with Crippen LogP contribution in [0.5, 0.6) is 0 Å². The van der Waals surface area contributed by atoms with Crippen molar-refractivity contribution in [2.24, 2.45) is 0 Å². The normalized spacial score (nSPS) is 20.4. The van der Waals surface area contributed by atoms with Crippen molar-refractivity contribution < 1.29 is 4.74 Å². The van der Waals surface area contributed by atoms with Gasteiger partial charge in [0.25, 0.3) is 5.56 Å². The first-order valence-electron chi connectivity index (χ1n) is 9.65. The fraction of sp³-hybridized carbons (Fsp3) is 0.667. The number of aryl methyl sites for hydroxylation is 1. The third kappa shape index (κ3) is 4.53. The van der Waals surface area contributed by atoms with Crippen LogP contribution < -0.4 is 10.9 Å². The Hall–Kier alpha value is -1.84. The lowest BCUT2D eigenvalue weighted by atomic mass is 10.0. The highest BCUT2D eigenvalue weighted by molar-refractivity contribution is 7.09. The van der Waals surface area contributed by atoms with E-state index in [1.54, 1.807) is 10.7 Å². The third-order valence-electron chi connectivity index (χ3n) is 5.27. The molecule has 0 aromatic carbocycles. The Bertz CT molecular complexity index is 835. The maximum Gasteiger partial charge on any atom is 0.267 e. The largest absolute Gasteiger partial charge is 0.376 e. The number of fused-ring (bicyclic) bond motifs is 1. The van der Waals surface area contributed by atoms with E-state index in [1.165, 1.54) is 24.4 Å². The van der Waals surface area contributed by atoms with Gasteiger partial charge in [0.05, 0.1) is 25.5 Å². The van der Waals surface area contributed by atoms with Crippen LogP contribution in [0.2, 0.25) is 0 Å². The molecule has 0 spiro atoms. The van der Waals surface area contributed by atoms with Crippen LogP contribution in [0.3, 0.4) is 0 Å². The van der Waals surface area contributed by atoms with Crippen molar-refractivity contribution in [3.8, 4) is 0 Å². The molecule has 2 aromatic rings. The van der Waals surface area contributed by atoms with E-state index in [-0.39, 0.29) is 5.56 Å². The van der Waals surface area contributed by atoms with E-state index in [1.807, 2.05) is 6.92 Å². The second kappa shape index (κ2) is 8.45. The van der Waals surface area contributed by atoms with E-state index in [0.717, 1.165) is 54.7 Å². The molecule has 0 amide bonds. The van der Waals surface area contributed by atoms with Crippen LogP contribution in [0, 0.1) is 6.92 Å². The van der Waals surface area contributed by atoms with E-state index in [0.29, 0.717) is 25.8 Å². The molecule has 8 nitrogen and oxygen atoms in total. The van der Waals surface area contributed by atoms with E-state index >= 15 is 0 Å². The Morgan fingerprint density at radius 2 is 2.30 bits per heavy atom. The molecule has 1 atom stereocenters. The number of hydrogen-bond acceptors (Lipinski definition) is 8.